The van der Waals surface area contributed by atoms with Crippen molar-refractivity contribution in [2.45, 2.75) is 55.8 Å². The van der Waals surface area contributed by atoms with E-state index >= 15 is 0 Å². The molecule has 1 saturated heterocycles. The van der Waals surface area contributed by atoms with Crippen LogP contribution in [0.2, 0.25) is 0 Å². The summed E-state index contributed by atoms with van der Waals surface area (Å²) in [6.45, 7) is 1.02. The van der Waals surface area contributed by atoms with Gasteiger partial charge in [-0.15, -0.1) is 0 Å². The molecule has 0 spiro atoms. The molecule has 1 fully saturated rings. The normalized spacial score (nSPS) is 21.4. The van der Waals surface area contributed by atoms with Crippen LogP contribution in [0.5, 0.6) is 0 Å². The Morgan fingerprint density at radius 1 is 0.889 bits per heavy atom. The molecular weight excluding hydrogens is 361 g/mol. The Bertz CT molecular complexity index is 908. The van der Waals surface area contributed by atoms with E-state index in [1.165, 1.54) is 29.7 Å². The van der Waals surface area contributed by atoms with Gasteiger partial charge in [0.05, 0.1) is 4.90 Å². The number of rotatable bonds is 3. The van der Waals surface area contributed by atoms with Crippen molar-refractivity contribution >= 4 is 10.0 Å². The van der Waals surface area contributed by atoms with Crippen molar-refractivity contribution in [2.75, 3.05) is 13.1 Å². The van der Waals surface area contributed by atoms with Gasteiger partial charge in [0, 0.05) is 13.1 Å². The van der Waals surface area contributed by atoms with Gasteiger partial charge in [-0.1, -0.05) is 24.6 Å². The van der Waals surface area contributed by atoms with Gasteiger partial charge >= 0.3 is 0 Å². The van der Waals surface area contributed by atoms with Crippen molar-refractivity contribution in [1.82, 2.24) is 4.31 Å². The van der Waals surface area contributed by atoms with Crippen LogP contribution in [0.15, 0.2) is 47.4 Å². The minimum atomic E-state index is -3.51. The Labute approximate surface area is 161 Å². The van der Waals surface area contributed by atoms with Gasteiger partial charge in [0.2, 0.25) is 10.0 Å². The molecule has 0 bridgehead atoms. The highest BCUT2D eigenvalue weighted by atomic mass is 32.2. The zero-order valence-electron chi connectivity index (χ0n) is 15.5. The SMILES string of the molecule is O=S(=O)(c1ccc2c(c1)CCCC2)N1CCCCC(c2ccc(F)cc2)C1. The fourth-order valence-corrected chi connectivity index (χ4v) is 5.93. The van der Waals surface area contributed by atoms with E-state index in [1.54, 1.807) is 22.5 Å². The molecule has 1 aliphatic carbocycles. The molecule has 144 valence electrons. The molecule has 2 aromatic rings. The lowest BCUT2D eigenvalue weighted by atomic mass is 9.92. The Kier molecular flexibility index (Phi) is 5.33. The maximum absolute atomic E-state index is 13.3. The van der Waals surface area contributed by atoms with Gasteiger partial charge in [-0.25, -0.2) is 12.8 Å². The summed E-state index contributed by atoms with van der Waals surface area (Å²) in [7, 11) is -3.51. The van der Waals surface area contributed by atoms with E-state index < -0.39 is 10.0 Å². The van der Waals surface area contributed by atoms with E-state index in [9.17, 15) is 12.8 Å². The van der Waals surface area contributed by atoms with E-state index in [2.05, 4.69) is 0 Å². The van der Waals surface area contributed by atoms with Gasteiger partial charge in [-0.3, -0.25) is 0 Å². The molecule has 1 heterocycles. The molecule has 0 saturated carbocycles. The lowest BCUT2D eigenvalue weighted by Crippen LogP contribution is -2.34. The first kappa shape index (κ1) is 18.6. The van der Waals surface area contributed by atoms with Crippen LogP contribution in [0.1, 0.15) is 54.7 Å². The first-order valence-electron chi connectivity index (χ1n) is 9.91. The van der Waals surface area contributed by atoms with E-state index in [4.69, 9.17) is 0 Å². The summed E-state index contributed by atoms with van der Waals surface area (Å²) in [5, 5.41) is 0. The van der Waals surface area contributed by atoms with Crippen LogP contribution >= 0.6 is 0 Å². The topological polar surface area (TPSA) is 37.4 Å². The van der Waals surface area contributed by atoms with Gasteiger partial charge in [-0.2, -0.15) is 4.31 Å². The van der Waals surface area contributed by atoms with Crippen molar-refractivity contribution < 1.29 is 12.8 Å². The maximum atomic E-state index is 13.3. The average Bonchev–Trinajstić information content (AvgIpc) is 2.95. The fourth-order valence-electron chi connectivity index (χ4n) is 4.35. The summed E-state index contributed by atoms with van der Waals surface area (Å²) in [6.07, 6.45) is 7.11. The van der Waals surface area contributed by atoms with Crippen molar-refractivity contribution in [3.05, 3.63) is 65.0 Å². The number of hydrogen-bond donors (Lipinski definition) is 0. The zero-order valence-corrected chi connectivity index (χ0v) is 16.3. The molecule has 0 aromatic heterocycles. The second-order valence-electron chi connectivity index (χ2n) is 7.74. The number of aryl methyl sites for hydroxylation is 2. The molecule has 2 aromatic carbocycles. The molecule has 0 N–H and O–H groups in total. The van der Waals surface area contributed by atoms with Crippen LogP contribution < -0.4 is 0 Å². The van der Waals surface area contributed by atoms with Crippen LogP contribution in [0.3, 0.4) is 0 Å². The fraction of sp³-hybridized carbons (Fsp3) is 0.455. The van der Waals surface area contributed by atoms with Crippen molar-refractivity contribution in [3.8, 4) is 0 Å². The van der Waals surface area contributed by atoms with Crippen molar-refractivity contribution in [1.29, 1.82) is 0 Å². The lowest BCUT2D eigenvalue weighted by molar-refractivity contribution is 0.406. The van der Waals surface area contributed by atoms with Crippen LogP contribution in [0.4, 0.5) is 4.39 Å². The Hall–Kier alpha value is -1.72. The van der Waals surface area contributed by atoms with E-state index in [0.29, 0.717) is 18.0 Å². The molecule has 27 heavy (non-hydrogen) atoms. The summed E-state index contributed by atoms with van der Waals surface area (Å²) in [5.74, 6) is -0.147. The number of sulfonamides is 1. The molecule has 0 radical (unpaired) electrons. The Balaban J connectivity index is 1.61. The number of nitrogens with zero attached hydrogens (tertiary/aromatic N) is 1. The standard InChI is InChI=1S/C22H26FNO2S/c23-21-11-8-18(9-12-21)20-7-3-4-14-24(16-20)27(25,26)22-13-10-17-5-1-2-6-19(17)15-22/h8-13,15,20H,1-7,14,16H2. The number of hydrogen-bond acceptors (Lipinski definition) is 2. The molecule has 1 unspecified atom stereocenters. The summed E-state index contributed by atoms with van der Waals surface area (Å²) in [6, 6.07) is 12.2. The summed E-state index contributed by atoms with van der Waals surface area (Å²) >= 11 is 0. The Morgan fingerprint density at radius 3 is 2.41 bits per heavy atom. The second-order valence-corrected chi connectivity index (χ2v) is 9.68. The highest BCUT2D eigenvalue weighted by Crippen LogP contribution is 2.31. The quantitative estimate of drug-likeness (QED) is 0.768. The minimum absolute atomic E-state index is 0.112. The smallest absolute Gasteiger partial charge is 0.207 e. The van der Waals surface area contributed by atoms with Crippen LogP contribution in [-0.2, 0) is 22.9 Å². The summed E-state index contributed by atoms with van der Waals surface area (Å²) in [5.41, 5.74) is 3.50. The predicted molar refractivity (Wildman–Crippen MR) is 105 cm³/mol. The number of halogens is 1. The van der Waals surface area contributed by atoms with Crippen molar-refractivity contribution in [2.24, 2.45) is 0 Å². The number of benzene rings is 2. The van der Waals surface area contributed by atoms with Crippen LogP contribution in [0, 0.1) is 5.82 Å². The first-order chi connectivity index (χ1) is 13.0. The van der Waals surface area contributed by atoms with Gasteiger partial charge in [0.1, 0.15) is 5.82 Å². The molecule has 3 nitrogen and oxygen atoms in total. The molecule has 1 atom stereocenters. The van der Waals surface area contributed by atoms with E-state index in [0.717, 1.165) is 44.1 Å². The first-order valence-corrected chi connectivity index (χ1v) is 11.4. The second kappa shape index (κ2) is 7.72. The van der Waals surface area contributed by atoms with E-state index in [1.807, 2.05) is 12.1 Å². The number of fused-ring (bicyclic) bond motifs is 1. The molecule has 0 amide bonds. The highest BCUT2D eigenvalue weighted by Gasteiger charge is 2.30. The van der Waals surface area contributed by atoms with Crippen LogP contribution in [0.25, 0.3) is 0 Å². The monoisotopic (exact) mass is 387 g/mol. The Morgan fingerprint density at radius 2 is 1.63 bits per heavy atom. The molecule has 1 aliphatic heterocycles. The van der Waals surface area contributed by atoms with Gasteiger partial charge in [0.15, 0.2) is 0 Å². The third-order valence-electron chi connectivity index (χ3n) is 5.93. The lowest BCUT2D eigenvalue weighted by Gasteiger charge is -2.25. The van der Waals surface area contributed by atoms with Gasteiger partial charge < -0.3 is 0 Å². The molecule has 5 heteroatoms. The predicted octanol–water partition coefficient (Wildman–Crippen LogP) is 4.66. The summed E-state index contributed by atoms with van der Waals surface area (Å²) < 4.78 is 41.5. The average molecular weight is 388 g/mol. The van der Waals surface area contributed by atoms with E-state index in [-0.39, 0.29) is 11.7 Å². The molecule has 4 rings (SSSR count). The maximum Gasteiger partial charge on any atom is 0.243 e. The minimum Gasteiger partial charge on any atom is -0.207 e. The zero-order chi connectivity index (χ0) is 18.9. The third-order valence-corrected chi connectivity index (χ3v) is 7.79. The third kappa shape index (κ3) is 3.94. The van der Waals surface area contributed by atoms with Crippen molar-refractivity contribution in [3.63, 3.8) is 0 Å². The summed E-state index contributed by atoms with van der Waals surface area (Å²) in [4.78, 5) is 0.419. The highest BCUT2D eigenvalue weighted by molar-refractivity contribution is 7.89. The largest absolute Gasteiger partial charge is 0.243 e. The van der Waals surface area contributed by atoms with Crippen LogP contribution in [-0.4, -0.2) is 25.8 Å². The van der Waals surface area contributed by atoms with Gasteiger partial charge in [0.25, 0.3) is 0 Å². The molecular formula is C22H26FNO2S. The van der Waals surface area contributed by atoms with Gasteiger partial charge in [-0.05, 0) is 85.4 Å². The molecule has 2 aliphatic rings.